The minimum absolute atomic E-state index is 0.159. The predicted octanol–water partition coefficient (Wildman–Crippen LogP) is 4.29. The maximum absolute atomic E-state index is 12.3. The lowest BCUT2D eigenvalue weighted by Gasteiger charge is -2.44. The summed E-state index contributed by atoms with van der Waals surface area (Å²) in [5.41, 5.74) is 2.13. The molecule has 10 nitrogen and oxygen atoms in total. The van der Waals surface area contributed by atoms with Gasteiger partial charge in [0.05, 0.1) is 5.02 Å². The summed E-state index contributed by atoms with van der Waals surface area (Å²) in [5.74, 6) is -2.40. The van der Waals surface area contributed by atoms with Gasteiger partial charge in [0.1, 0.15) is 31.2 Å². The minimum Gasteiger partial charge on any atom is -0.488 e. The normalized spacial score (nSPS) is 21.7. The molecule has 2 aromatic rings. The Labute approximate surface area is 243 Å². The zero-order valence-corrected chi connectivity index (χ0v) is 24.1. The lowest BCUT2D eigenvalue weighted by Crippen LogP contribution is -2.59. The Bertz CT molecular complexity index is 1260. The van der Waals surface area contributed by atoms with E-state index < -0.39 is 54.4 Å². The topological polar surface area (TPSA) is 124 Å². The number of hydrogen-bond donors (Lipinski definition) is 0. The van der Waals surface area contributed by atoms with Crippen LogP contribution in [0.1, 0.15) is 50.5 Å². The molecule has 1 aliphatic rings. The highest BCUT2D eigenvalue weighted by Crippen LogP contribution is 2.41. The standard InChI is InChI=1S/C30H33ClO10/c1-6-12-36-24-15-23(14-22(26(24)31)13-21-10-8-7-9-11-21)27-29(39-19(4)34)30(40-20(5)35)28(38-18(3)33)25(41-27)16-37-17(2)32/h6-11,14-15,25,27-30H,1,12-13,16H2,2-5H3/t25-,27+,28-,29+,30?/m1/s1. The largest absolute Gasteiger partial charge is 0.488 e. The Morgan fingerprint density at radius 2 is 1.49 bits per heavy atom. The predicted molar refractivity (Wildman–Crippen MR) is 147 cm³/mol. The number of halogens is 1. The van der Waals surface area contributed by atoms with Gasteiger partial charge in [0.25, 0.3) is 0 Å². The fraction of sp³-hybridized carbons (Fsp3) is 0.400. The number of ether oxygens (including phenoxy) is 6. The first-order chi connectivity index (χ1) is 19.5. The van der Waals surface area contributed by atoms with Gasteiger partial charge in [-0.1, -0.05) is 60.7 Å². The van der Waals surface area contributed by atoms with Gasteiger partial charge in [0.15, 0.2) is 18.3 Å². The molecule has 0 bridgehead atoms. The number of hydrogen-bond acceptors (Lipinski definition) is 10. The first-order valence-corrected chi connectivity index (χ1v) is 13.3. The summed E-state index contributed by atoms with van der Waals surface area (Å²) in [7, 11) is 0. The summed E-state index contributed by atoms with van der Waals surface area (Å²) >= 11 is 6.75. The van der Waals surface area contributed by atoms with E-state index in [1.807, 2.05) is 30.3 Å². The quantitative estimate of drug-likeness (QED) is 0.213. The van der Waals surface area contributed by atoms with Crippen molar-refractivity contribution >= 4 is 35.5 Å². The Morgan fingerprint density at radius 1 is 0.878 bits per heavy atom. The Morgan fingerprint density at radius 3 is 2.07 bits per heavy atom. The molecule has 1 heterocycles. The van der Waals surface area contributed by atoms with Gasteiger partial charge in [-0.3, -0.25) is 19.2 Å². The van der Waals surface area contributed by atoms with Crippen LogP contribution in [0.5, 0.6) is 5.75 Å². The van der Waals surface area contributed by atoms with Crippen LogP contribution in [0.25, 0.3) is 0 Å². The average molecular weight is 589 g/mol. The van der Waals surface area contributed by atoms with Gasteiger partial charge in [-0.2, -0.15) is 0 Å². The van der Waals surface area contributed by atoms with Crippen molar-refractivity contribution in [3.05, 3.63) is 76.8 Å². The van der Waals surface area contributed by atoms with Gasteiger partial charge >= 0.3 is 23.9 Å². The first-order valence-electron chi connectivity index (χ1n) is 12.9. The summed E-state index contributed by atoms with van der Waals surface area (Å²) < 4.78 is 34.0. The van der Waals surface area contributed by atoms with Crippen LogP contribution in [0.3, 0.4) is 0 Å². The molecule has 3 rings (SSSR count). The van der Waals surface area contributed by atoms with E-state index in [0.29, 0.717) is 28.3 Å². The van der Waals surface area contributed by atoms with Crippen molar-refractivity contribution in [3.63, 3.8) is 0 Å². The molecule has 0 N–H and O–H groups in total. The highest BCUT2D eigenvalue weighted by molar-refractivity contribution is 6.32. The van der Waals surface area contributed by atoms with Crippen molar-refractivity contribution in [1.29, 1.82) is 0 Å². The molecule has 0 spiro atoms. The Balaban J connectivity index is 2.18. The molecule has 2 aromatic carbocycles. The molecule has 0 aromatic heterocycles. The van der Waals surface area contributed by atoms with E-state index >= 15 is 0 Å². The van der Waals surface area contributed by atoms with Gasteiger partial charge in [-0.15, -0.1) is 0 Å². The molecule has 11 heteroatoms. The third kappa shape index (κ3) is 8.80. The lowest BCUT2D eigenvalue weighted by molar-refractivity contribution is -0.254. The molecular weight excluding hydrogens is 556 g/mol. The van der Waals surface area contributed by atoms with Crippen molar-refractivity contribution in [2.75, 3.05) is 13.2 Å². The van der Waals surface area contributed by atoms with Crippen LogP contribution in [-0.2, 0) is 49.3 Å². The number of carbonyl (C=O) groups excluding carboxylic acids is 4. The molecule has 1 unspecified atom stereocenters. The van der Waals surface area contributed by atoms with Crippen molar-refractivity contribution in [2.24, 2.45) is 0 Å². The molecule has 0 aliphatic carbocycles. The minimum atomic E-state index is -1.30. The van der Waals surface area contributed by atoms with Crippen molar-refractivity contribution in [1.82, 2.24) is 0 Å². The summed E-state index contributed by atoms with van der Waals surface area (Å²) in [4.78, 5) is 48.1. The van der Waals surface area contributed by atoms with E-state index in [0.717, 1.165) is 5.56 Å². The molecular formula is C30H33ClO10. The van der Waals surface area contributed by atoms with Crippen LogP contribution >= 0.6 is 11.6 Å². The van der Waals surface area contributed by atoms with Gasteiger partial charge in [-0.25, -0.2) is 0 Å². The number of esters is 4. The second-order valence-corrected chi connectivity index (χ2v) is 9.75. The van der Waals surface area contributed by atoms with Crippen LogP contribution in [0.4, 0.5) is 0 Å². The monoisotopic (exact) mass is 588 g/mol. The lowest BCUT2D eigenvalue weighted by atomic mass is 9.89. The maximum Gasteiger partial charge on any atom is 0.303 e. The first kappa shape index (κ1) is 31.6. The maximum atomic E-state index is 12.3. The Hall–Kier alpha value is -3.89. The van der Waals surface area contributed by atoms with E-state index in [1.165, 1.54) is 27.7 Å². The molecule has 0 radical (unpaired) electrons. The summed E-state index contributed by atoms with van der Waals surface area (Å²) in [5, 5.41) is 0.366. The summed E-state index contributed by atoms with van der Waals surface area (Å²) in [6.45, 7) is 8.25. The van der Waals surface area contributed by atoms with Crippen LogP contribution < -0.4 is 4.74 Å². The number of rotatable bonds is 11. The van der Waals surface area contributed by atoms with E-state index in [1.54, 1.807) is 18.2 Å². The molecule has 0 saturated carbocycles. The van der Waals surface area contributed by atoms with Crippen LogP contribution in [0.2, 0.25) is 5.02 Å². The average Bonchev–Trinajstić information content (AvgIpc) is 2.90. The van der Waals surface area contributed by atoms with Crippen molar-refractivity contribution < 1.29 is 47.6 Å². The second-order valence-electron chi connectivity index (χ2n) is 9.37. The number of carbonyl (C=O) groups is 4. The van der Waals surface area contributed by atoms with Crippen molar-refractivity contribution in [3.8, 4) is 5.75 Å². The van der Waals surface area contributed by atoms with Crippen LogP contribution in [0, 0.1) is 0 Å². The third-order valence-corrected chi connectivity index (χ3v) is 6.48. The van der Waals surface area contributed by atoms with E-state index in [9.17, 15) is 19.2 Å². The summed E-state index contributed by atoms with van der Waals surface area (Å²) in [6, 6.07) is 13.0. The fourth-order valence-electron chi connectivity index (χ4n) is 4.54. The SMILES string of the molecule is C=CCOc1cc([C@@H]2O[C@H](COC(C)=O)[C@@H](OC(C)=O)C(OC(C)=O)[C@H]2OC(C)=O)cc(Cc2ccccc2)c1Cl. The van der Waals surface area contributed by atoms with Gasteiger partial charge in [-0.05, 0) is 29.2 Å². The fourth-order valence-corrected chi connectivity index (χ4v) is 4.77. The Kier molecular flexibility index (Phi) is 11.3. The van der Waals surface area contributed by atoms with Gasteiger partial charge in [0.2, 0.25) is 0 Å². The van der Waals surface area contributed by atoms with Gasteiger partial charge < -0.3 is 28.4 Å². The molecule has 41 heavy (non-hydrogen) atoms. The highest BCUT2D eigenvalue weighted by Gasteiger charge is 2.52. The molecule has 220 valence electrons. The summed E-state index contributed by atoms with van der Waals surface area (Å²) in [6.07, 6.45) is -3.98. The van der Waals surface area contributed by atoms with Crippen molar-refractivity contribution in [2.45, 2.75) is 64.6 Å². The molecule has 0 amide bonds. The van der Waals surface area contributed by atoms with E-state index in [-0.39, 0.29) is 13.2 Å². The second kappa shape index (κ2) is 14.7. The smallest absolute Gasteiger partial charge is 0.303 e. The van der Waals surface area contributed by atoms with Gasteiger partial charge in [0, 0.05) is 27.7 Å². The molecule has 5 atom stereocenters. The van der Waals surface area contributed by atoms with Crippen LogP contribution in [0.15, 0.2) is 55.1 Å². The zero-order valence-electron chi connectivity index (χ0n) is 23.3. The molecule has 1 saturated heterocycles. The zero-order chi connectivity index (χ0) is 30.1. The van der Waals surface area contributed by atoms with E-state index in [2.05, 4.69) is 6.58 Å². The number of benzene rings is 2. The molecule has 1 fully saturated rings. The molecule has 1 aliphatic heterocycles. The van der Waals surface area contributed by atoms with Crippen LogP contribution in [-0.4, -0.2) is 61.5 Å². The third-order valence-electron chi connectivity index (χ3n) is 6.05. The van der Waals surface area contributed by atoms with E-state index in [4.69, 9.17) is 40.0 Å². The highest BCUT2D eigenvalue weighted by atomic mass is 35.5.